The van der Waals surface area contributed by atoms with Crippen LogP contribution in [0.1, 0.15) is 132 Å². The second kappa shape index (κ2) is 40.5. The van der Waals surface area contributed by atoms with Crippen molar-refractivity contribution in [1.29, 1.82) is 5.41 Å². The third-order valence-corrected chi connectivity index (χ3v) is 16.7. The first-order valence-corrected chi connectivity index (χ1v) is 33.6. The maximum atomic E-state index is 15.8. The number of primary amides is 1. The van der Waals surface area contributed by atoms with Gasteiger partial charge in [0.25, 0.3) is 0 Å². The van der Waals surface area contributed by atoms with Crippen LogP contribution in [0.5, 0.6) is 0 Å². The van der Waals surface area contributed by atoms with Crippen LogP contribution in [-0.2, 0) is 81.3 Å². The Morgan fingerprint density at radius 2 is 1.21 bits per heavy atom. The summed E-state index contributed by atoms with van der Waals surface area (Å²) in [6.07, 6.45) is -21.1. The molecule has 16 atom stereocenters. The number of amides is 11. The topological polar surface area (TPSA) is 541 Å². The fraction of sp³-hybridized carbons (Fsp3) is 0.672. The molecule has 3 rings (SSSR count). The summed E-state index contributed by atoms with van der Waals surface area (Å²) in [6, 6.07) is -15.4. The van der Waals surface area contributed by atoms with Crippen LogP contribution in [-0.4, -0.2) is 210 Å². The molecule has 1 aromatic carbocycles. The van der Waals surface area contributed by atoms with Crippen molar-refractivity contribution in [1.82, 2.24) is 58.5 Å². The first-order chi connectivity index (χ1) is 48.3. The molecule has 1 aromatic rings. The molecular weight excluding hydrogens is 1400 g/mol. The van der Waals surface area contributed by atoms with Gasteiger partial charge < -0.3 is 100 Å². The van der Waals surface area contributed by atoms with Gasteiger partial charge in [0.05, 0.1) is 18.7 Å². The molecule has 2 fully saturated rings. The van der Waals surface area contributed by atoms with Gasteiger partial charge >= 0.3 is 30.3 Å². The van der Waals surface area contributed by atoms with Crippen LogP contribution >= 0.6 is 0 Å². The van der Waals surface area contributed by atoms with E-state index in [1.807, 2.05) is 5.32 Å². The van der Waals surface area contributed by atoms with Crippen molar-refractivity contribution in [2.75, 3.05) is 19.7 Å². The number of cyclic esters (lactones) is 1. The summed E-state index contributed by atoms with van der Waals surface area (Å²) in [4.78, 5) is 199. The van der Waals surface area contributed by atoms with Crippen molar-refractivity contribution < 1.29 is 118 Å². The molecule has 1 aliphatic carbocycles. The van der Waals surface area contributed by atoms with Crippen molar-refractivity contribution in [2.45, 2.75) is 218 Å². The Morgan fingerprint density at radius 1 is 0.663 bits per heavy atom. The quantitative estimate of drug-likeness (QED) is 0.0113. The summed E-state index contributed by atoms with van der Waals surface area (Å²) in [7, 11) is 0. The number of carbonyl (C=O) groups is 14. The molecule has 104 heavy (non-hydrogen) atoms. The van der Waals surface area contributed by atoms with Gasteiger partial charge in [-0.2, -0.15) is 26.3 Å². The minimum absolute atomic E-state index is 0.0548. The van der Waals surface area contributed by atoms with Gasteiger partial charge in [0.2, 0.25) is 65.0 Å². The lowest BCUT2D eigenvalue weighted by atomic mass is 9.89. The molecule has 20 N–H and O–H groups in total. The third-order valence-electron chi connectivity index (χ3n) is 16.7. The standard InChI is InChI=1S/C64H97F6N15O19/c1-11-30(9)40-54(94)82-41(31(10)86)53(93)76-25-39(87)80-43(46(88)49(72)89)56(96)79-38(26-102-60(100)63(65,66)67)59(99)103-48(33-17-14-13-15-18-33)45(85-55(95)42(34(12-2)32-20-21-32)83-50(90)35(71)23-27(3)4)58(98)84-44(47(29(7)8)104-61(101)64(68,69)70)57(97)78-37(24-28(5)6)52(92)77-36(51(91)81-40)19-16-22-75-62(73)74/h13-15,17-18,27-32,34-38,40-48,86,88H,11-12,16,19-26,71H2,1-10H3,(H2,72,89)(H,76,93)(H,77,92)(H,78,97)(H,79,96)(H,80,87)(H,81,91)(H,82,94)(H,83,90)(H,84,98)(H,85,95)(H4,73,74,75)/t30-,31-,34?,35+,36+,37-,38-,40-,41-,42-,43-,44-,45-,46-,47+,48+/m0/s1. The lowest BCUT2D eigenvalue weighted by molar-refractivity contribution is -0.208. The summed E-state index contributed by atoms with van der Waals surface area (Å²) in [6.45, 7) is 11.0. The molecule has 0 spiro atoms. The van der Waals surface area contributed by atoms with Crippen LogP contribution in [0.3, 0.4) is 0 Å². The molecule has 2 aliphatic rings. The van der Waals surface area contributed by atoms with E-state index in [1.54, 1.807) is 38.3 Å². The normalized spacial score (nSPS) is 24.2. The molecular formula is C64H97F6N15O19. The van der Waals surface area contributed by atoms with Gasteiger partial charge in [-0.15, -0.1) is 0 Å². The molecule has 40 heteroatoms. The SMILES string of the molecule is CCC(C1CC1)[C@H](NC(=O)[C@H](N)CC(C)C)C(=O)N[C@@H]1C(=O)N[C@@H]([C@H](OC(=O)C(F)(F)F)C(C)C)C(=O)N[C@@H](CC(C)C)C(=O)N[C@H](CCCNC(=N)N)C(=O)N[C@@H]([C@@H](C)CC)C(=O)N[C@@H]([C@H](C)O)C(=O)NCC(=O)N[C@@H]([C@H](O)C(N)=O)C(=O)N[C@@H](COC(=O)C(F)(F)F)C(=O)O[C@@H]1c1ccccc1. The predicted molar refractivity (Wildman–Crippen MR) is 352 cm³/mol. The van der Waals surface area contributed by atoms with Gasteiger partial charge in [-0.05, 0) is 86.5 Å². The lowest BCUT2D eigenvalue weighted by Crippen LogP contribution is -2.65. The largest absolute Gasteiger partial charge is 0.490 e. The van der Waals surface area contributed by atoms with E-state index in [9.17, 15) is 89.3 Å². The Labute approximate surface area is 595 Å². The number of nitrogens with one attached hydrogen (secondary N) is 12. The number of halogens is 6. The van der Waals surface area contributed by atoms with E-state index in [0.717, 1.165) is 32.9 Å². The number of guanidine groups is 1. The highest BCUT2D eigenvalue weighted by Gasteiger charge is 2.50. The van der Waals surface area contributed by atoms with Crippen LogP contribution in [0.2, 0.25) is 0 Å². The predicted octanol–water partition coefficient (Wildman–Crippen LogP) is -2.61. The Morgan fingerprint density at radius 3 is 1.73 bits per heavy atom. The Balaban J connectivity index is 2.64. The van der Waals surface area contributed by atoms with Crippen molar-refractivity contribution in [3.8, 4) is 0 Å². The van der Waals surface area contributed by atoms with Crippen LogP contribution < -0.4 is 75.7 Å². The number of ether oxygens (including phenoxy) is 3. The number of hydrogen-bond acceptors (Lipinski definition) is 21. The second-order valence-electron chi connectivity index (χ2n) is 26.6. The summed E-state index contributed by atoms with van der Waals surface area (Å²) >= 11 is 0. The fourth-order valence-electron chi connectivity index (χ4n) is 10.9. The lowest BCUT2D eigenvalue weighted by Gasteiger charge is -2.35. The number of aliphatic hydroxyl groups excluding tert-OH is 2. The first-order valence-electron chi connectivity index (χ1n) is 33.6. The molecule has 584 valence electrons. The van der Waals surface area contributed by atoms with Gasteiger partial charge in [-0.25, -0.2) is 14.4 Å². The molecule has 0 radical (unpaired) electrons. The zero-order valence-corrected chi connectivity index (χ0v) is 59.0. The molecule has 34 nitrogen and oxygen atoms in total. The van der Waals surface area contributed by atoms with E-state index in [1.165, 1.54) is 39.0 Å². The fourth-order valence-corrected chi connectivity index (χ4v) is 10.9. The van der Waals surface area contributed by atoms with Gasteiger partial charge in [-0.1, -0.05) is 105 Å². The van der Waals surface area contributed by atoms with Crippen molar-refractivity contribution in [2.24, 2.45) is 52.7 Å². The smallest absolute Gasteiger partial charge is 0.456 e. The number of nitrogens with two attached hydrogens (primary N) is 3. The molecule has 1 saturated heterocycles. The number of hydrogen-bond donors (Lipinski definition) is 17. The Bertz CT molecular complexity index is 3200. The average Bonchev–Trinajstić information content (AvgIpc) is 1.51. The molecule has 1 aliphatic heterocycles. The van der Waals surface area contributed by atoms with Gasteiger partial charge in [0.15, 0.2) is 24.2 Å². The molecule has 0 bridgehead atoms. The summed E-state index contributed by atoms with van der Waals surface area (Å²) in [5, 5.41) is 54.1. The van der Waals surface area contributed by atoms with Gasteiger partial charge in [0.1, 0.15) is 61.0 Å². The zero-order valence-electron chi connectivity index (χ0n) is 59.0. The highest BCUT2D eigenvalue weighted by atomic mass is 19.4. The second-order valence-corrected chi connectivity index (χ2v) is 26.6. The molecule has 0 aromatic heterocycles. The highest BCUT2D eigenvalue weighted by Crippen LogP contribution is 2.40. The van der Waals surface area contributed by atoms with Gasteiger partial charge in [0, 0.05) is 6.54 Å². The average molecular weight is 1490 g/mol. The number of alkyl halides is 6. The van der Waals surface area contributed by atoms with Crippen LogP contribution in [0.4, 0.5) is 26.3 Å². The van der Waals surface area contributed by atoms with E-state index in [2.05, 4.69) is 47.3 Å². The van der Waals surface area contributed by atoms with E-state index >= 15 is 14.4 Å². The Hall–Kier alpha value is -9.47. The van der Waals surface area contributed by atoms with E-state index < -0.39 is 235 Å². The molecule has 11 amide bonds. The molecule has 1 heterocycles. The Kier molecular flexibility index (Phi) is 34.6. The monoisotopic (exact) mass is 1490 g/mol. The maximum Gasteiger partial charge on any atom is 0.490 e. The van der Waals surface area contributed by atoms with Crippen LogP contribution in [0.15, 0.2) is 30.3 Å². The van der Waals surface area contributed by atoms with E-state index in [-0.39, 0.29) is 50.5 Å². The summed E-state index contributed by atoms with van der Waals surface area (Å²) in [5.41, 5.74) is 16.6. The first kappa shape index (κ1) is 88.7. The van der Waals surface area contributed by atoms with E-state index in [4.69, 9.17) is 32.1 Å². The minimum atomic E-state index is -5.86. The maximum absolute atomic E-state index is 15.8. The van der Waals surface area contributed by atoms with Crippen molar-refractivity contribution in [3.63, 3.8) is 0 Å². The van der Waals surface area contributed by atoms with Crippen molar-refractivity contribution in [3.05, 3.63) is 35.9 Å². The van der Waals surface area contributed by atoms with Crippen LogP contribution in [0, 0.1) is 40.9 Å². The van der Waals surface area contributed by atoms with Gasteiger partial charge in [-0.3, -0.25) is 58.1 Å². The minimum Gasteiger partial charge on any atom is -0.456 e. The number of aliphatic hydroxyl groups is 2. The third kappa shape index (κ3) is 28.0. The summed E-state index contributed by atoms with van der Waals surface area (Å²) in [5.74, 6) is -28.8. The number of carbonyl (C=O) groups excluding carboxylic acids is 14. The highest BCUT2D eigenvalue weighted by molar-refractivity contribution is 6.00. The van der Waals surface area contributed by atoms with Crippen molar-refractivity contribution >= 4 is 88.8 Å². The van der Waals surface area contributed by atoms with E-state index in [0.29, 0.717) is 12.8 Å². The number of esters is 3. The summed E-state index contributed by atoms with van der Waals surface area (Å²) < 4.78 is 99.9. The zero-order chi connectivity index (χ0) is 79.0. The van der Waals surface area contributed by atoms with Crippen LogP contribution in [0.25, 0.3) is 0 Å². The number of benzene rings is 1. The molecule has 1 unspecified atom stereocenters. The number of rotatable bonds is 26. The molecule has 1 saturated carbocycles.